The number of hydrogen-bond acceptors (Lipinski definition) is 2. The molecule has 0 unspecified atom stereocenters. The monoisotopic (exact) mass is 202 g/mol. The molecule has 1 heterocycles. The first-order valence-electron chi connectivity index (χ1n) is 5.43. The highest BCUT2D eigenvalue weighted by Gasteiger charge is 2.17. The quantitative estimate of drug-likeness (QED) is 0.691. The van der Waals surface area contributed by atoms with Crippen LogP contribution >= 0.6 is 0 Å². The lowest BCUT2D eigenvalue weighted by Gasteiger charge is -2.25. The maximum atomic E-state index is 4.05. The minimum absolute atomic E-state index is 1.07. The normalized spacial score (nSPS) is 15.9. The second kappa shape index (κ2) is 3.97. The summed E-state index contributed by atoms with van der Waals surface area (Å²) in [7, 11) is 2.15. The van der Waals surface area contributed by atoms with Gasteiger partial charge in [-0.05, 0) is 25.5 Å². The first kappa shape index (κ1) is 10.1. The lowest BCUT2D eigenvalue weighted by molar-refractivity contribution is 0.791. The van der Waals surface area contributed by atoms with Gasteiger partial charge in [-0.2, -0.15) is 0 Å². The van der Waals surface area contributed by atoms with E-state index in [0.29, 0.717) is 0 Å². The smallest absolute Gasteiger partial charge is 0.0645 e. The van der Waals surface area contributed by atoms with Crippen LogP contribution in [0.4, 0.5) is 11.4 Å². The van der Waals surface area contributed by atoms with Crippen molar-refractivity contribution in [2.24, 2.45) is 0 Å². The van der Waals surface area contributed by atoms with Crippen molar-refractivity contribution < 1.29 is 0 Å². The van der Waals surface area contributed by atoms with Gasteiger partial charge < -0.3 is 9.80 Å². The number of allylic oxidation sites excluding steroid dienone is 1. The molecule has 80 valence electrons. The van der Waals surface area contributed by atoms with Crippen molar-refractivity contribution in [1.29, 1.82) is 0 Å². The Morgan fingerprint density at radius 2 is 1.87 bits per heavy atom. The van der Waals surface area contributed by atoms with Crippen LogP contribution in [0.2, 0.25) is 0 Å². The van der Waals surface area contributed by atoms with Gasteiger partial charge >= 0.3 is 0 Å². The third-order valence-electron chi connectivity index (χ3n) is 2.92. The van der Waals surface area contributed by atoms with E-state index < -0.39 is 0 Å². The van der Waals surface area contributed by atoms with Crippen molar-refractivity contribution in [2.45, 2.75) is 13.3 Å². The standard InChI is InChI=1S/C13H18N2/c1-11(2)15-10-6-9-14(3)12-7-4-5-8-13(12)15/h4-5,7-8H,1,6,9-10H2,2-3H3. The molecule has 1 aliphatic rings. The number of benzene rings is 1. The van der Waals surface area contributed by atoms with E-state index in [0.717, 1.165) is 18.8 Å². The predicted molar refractivity (Wildman–Crippen MR) is 66.5 cm³/mol. The van der Waals surface area contributed by atoms with Crippen molar-refractivity contribution in [2.75, 3.05) is 29.9 Å². The molecule has 0 amide bonds. The molecule has 2 rings (SSSR count). The average molecular weight is 202 g/mol. The highest BCUT2D eigenvalue weighted by atomic mass is 15.2. The first-order valence-corrected chi connectivity index (χ1v) is 5.43. The van der Waals surface area contributed by atoms with Crippen molar-refractivity contribution in [3.05, 3.63) is 36.5 Å². The fraction of sp³-hybridized carbons (Fsp3) is 0.385. The van der Waals surface area contributed by atoms with Crippen molar-refractivity contribution in [3.8, 4) is 0 Å². The van der Waals surface area contributed by atoms with Gasteiger partial charge in [-0.1, -0.05) is 18.7 Å². The second-order valence-corrected chi connectivity index (χ2v) is 4.15. The number of nitrogens with zero attached hydrogens (tertiary/aromatic N) is 2. The average Bonchev–Trinajstić information content (AvgIpc) is 2.39. The van der Waals surface area contributed by atoms with Crippen LogP contribution in [0.3, 0.4) is 0 Å². The van der Waals surface area contributed by atoms with Crippen LogP contribution in [-0.2, 0) is 0 Å². The van der Waals surface area contributed by atoms with Crippen molar-refractivity contribution >= 4 is 11.4 Å². The van der Waals surface area contributed by atoms with E-state index in [4.69, 9.17) is 0 Å². The summed E-state index contributed by atoms with van der Waals surface area (Å²) in [5.41, 5.74) is 3.71. The van der Waals surface area contributed by atoms with E-state index in [1.807, 2.05) is 0 Å². The first-order chi connectivity index (χ1) is 7.20. The summed E-state index contributed by atoms with van der Waals surface area (Å²) in [5, 5.41) is 0. The molecule has 2 heteroatoms. The summed E-state index contributed by atoms with van der Waals surface area (Å²) in [6.07, 6.45) is 1.18. The van der Waals surface area contributed by atoms with Crippen LogP contribution in [0.15, 0.2) is 36.5 Å². The molecule has 0 N–H and O–H groups in total. The fourth-order valence-corrected chi connectivity index (χ4v) is 2.12. The van der Waals surface area contributed by atoms with Gasteiger partial charge in [-0.3, -0.25) is 0 Å². The summed E-state index contributed by atoms with van der Waals surface area (Å²) in [5.74, 6) is 0. The fourth-order valence-electron chi connectivity index (χ4n) is 2.12. The Balaban J connectivity index is 2.47. The van der Waals surface area contributed by atoms with Gasteiger partial charge in [-0.25, -0.2) is 0 Å². The Bertz CT molecular complexity index is 371. The van der Waals surface area contributed by atoms with Crippen molar-refractivity contribution in [1.82, 2.24) is 0 Å². The van der Waals surface area contributed by atoms with E-state index in [1.165, 1.54) is 17.8 Å². The van der Waals surface area contributed by atoms with Crippen LogP contribution in [0.1, 0.15) is 13.3 Å². The summed E-state index contributed by atoms with van der Waals surface area (Å²) < 4.78 is 0. The zero-order valence-electron chi connectivity index (χ0n) is 9.53. The Kier molecular flexibility index (Phi) is 2.67. The summed E-state index contributed by atoms with van der Waals surface area (Å²) in [4.78, 5) is 4.62. The highest BCUT2D eigenvalue weighted by molar-refractivity contribution is 5.73. The summed E-state index contributed by atoms with van der Waals surface area (Å²) in [6, 6.07) is 8.54. The van der Waals surface area contributed by atoms with Gasteiger partial charge in [0, 0.05) is 25.8 Å². The molecule has 15 heavy (non-hydrogen) atoms. The van der Waals surface area contributed by atoms with E-state index in [-0.39, 0.29) is 0 Å². The van der Waals surface area contributed by atoms with Crippen LogP contribution in [0.25, 0.3) is 0 Å². The van der Waals surface area contributed by atoms with Gasteiger partial charge in [0.25, 0.3) is 0 Å². The lowest BCUT2D eigenvalue weighted by atomic mass is 10.2. The number of hydrogen-bond donors (Lipinski definition) is 0. The molecular weight excluding hydrogens is 184 g/mol. The number of para-hydroxylation sites is 2. The van der Waals surface area contributed by atoms with Crippen molar-refractivity contribution in [3.63, 3.8) is 0 Å². The highest BCUT2D eigenvalue weighted by Crippen LogP contribution is 2.32. The molecule has 0 radical (unpaired) electrons. The van der Waals surface area contributed by atoms with Crippen LogP contribution in [-0.4, -0.2) is 20.1 Å². The molecule has 1 aromatic rings. The number of fused-ring (bicyclic) bond motifs is 1. The minimum Gasteiger partial charge on any atom is -0.373 e. The van der Waals surface area contributed by atoms with E-state index in [2.05, 4.69) is 54.6 Å². The molecule has 0 fully saturated rings. The van der Waals surface area contributed by atoms with Crippen LogP contribution < -0.4 is 9.80 Å². The Hall–Kier alpha value is -1.44. The Morgan fingerprint density at radius 3 is 2.53 bits per heavy atom. The molecule has 1 aromatic carbocycles. The molecule has 2 nitrogen and oxygen atoms in total. The second-order valence-electron chi connectivity index (χ2n) is 4.15. The summed E-state index contributed by atoms with van der Waals surface area (Å²) in [6.45, 7) is 8.30. The zero-order valence-corrected chi connectivity index (χ0v) is 9.53. The SMILES string of the molecule is C=C(C)N1CCCN(C)c2ccccc21. The maximum Gasteiger partial charge on any atom is 0.0645 e. The number of rotatable bonds is 1. The Labute approximate surface area is 91.8 Å². The molecule has 0 aromatic heterocycles. The molecule has 0 saturated heterocycles. The van der Waals surface area contributed by atoms with Gasteiger partial charge in [0.15, 0.2) is 0 Å². The zero-order chi connectivity index (χ0) is 10.8. The topological polar surface area (TPSA) is 6.48 Å². The van der Waals surface area contributed by atoms with Gasteiger partial charge in [0.2, 0.25) is 0 Å². The largest absolute Gasteiger partial charge is 0.373 e. The molecule has 0 atom stereocenters. The minimum atomic E-state index is 1.07. The summed E-state index contributed by atoms with van der Waals surface area (Å²) >= 11 is 0. The van der Waals surface area contributed by atoms with Gasteiger partial charge in [-0.15, -0.1) is 0 Å². The predicted octanol–water partition coefficient (Wildman–Crippen LogP) is 2.87. The third kappa shape index (κ3) is 1.84. The third-order valence-corrected chi connectivity index (χ3v) is 2.92. The van der Waals surface area contributed by atoms with E-state index in [1.54, 1.807) is 0 Å². The molecule has 1 aliphatic heterocycles. The van der Waals surface area contributed by atoms with Gasteiger partial charge in [0.1, 0.15) is 0 Å². The lowest BCUT2D eigenvalue weighted by Crippen LogP contribution is -2.20. The molecule has 0 spiro atoms. The van der Waals surface area contributed by atoms with E-state index >= 15 is 0 Å². The molecule has 0 aliphatic carbocycles. The molecule has 0 bridgehead atoms. The van der Waals surface area contributed by atoms with Gasteiger partial charge in [0.05, 0.1) is 11.4 Å². The molecule has 0 saturated carbocycles. The van der Waals surface area contributed by atoms with Crippen LogP contribution in [0, 0.1) is 0 Å². The van der Waals surface area contributed by atoms with Crippen LogP contribution in [0.5, 0.6) is 0 Å². The van der Waals surface area contributed by atoms with E-state index in [9.17, 15) is 0 Å². The Morgan fingerprint density at radius 1 is 1.20 bits per heavy atom. The number of anilines is 2. The molecular formula is C13H18N2. The maximum absolute atomic E-state index is 4.05.